The van der Waals surface area contributed by atoms with Crippen LogP contribution < -0.4 is 5.32 Å². The number of ether oxygens (including phenoxy) is 2. The highest BCUT2D eigenvalue weighted by atomic mass is 16.5. The molecular weight excluding hydrogens is 264 g/mol. The first-order chi connectivity index (χ1) is 9.70. The molecule has 0 radical (unpaired) electrons. The lowest BCUT2D eigenvalue weighted by Crippen LogP contribution is -2.47. The summed E-state index contributed by atoms with van der Waals surface area (Å²) in [5.74, 6) is 0. The Morgan fingerprint density at radius 1 is 0.857 bits per heavy atom. The zero-order valence-electron chi connectivity index (χ0n) is 15.4. The molecule has 0 aliphatic carbocycles. The summed E-state index contributed by atoms with van der Waals surface area (Å²) in [7, 11) is 0. The minimum absolute atomic E-state index is 0.165. The van der Waals surface area contributed by atoms with Crippen molar-refractivity contribution >= 4 is 0 Å². The van der Waals surface area contributed by atoms with Gasteiger partial charge in [-0.25, -0.2) is 0 Å². The van der Waals surface area contributed by atoms with Gasteiger partial charge < -0.3 is 14.8 Å². The largest absolute Gasteiger partial charge is 0.380 e. The molecule has 0 spiro atoms. The molecule has 0 fully saturated rings. The third kappa shape index (κ3) is 13.2. The molecule has 0 saturated heterocycles. The normalized spacial score (nSPS) is 13.1. The average Bonchev–Trinajstić information content (AvgIpc) is 2.36. The van der Waals surface area contributed by atoms with Crippen molar-refractivity contribution < 1.29 is 9.47 Å². The summed E-state index contributed by atoms with van der Waals surface area (Å²) in [5.41, 5.74) is 0.393. The van der Waals surface area contributed by atoms with Gasteiger partial charge in [0.2, 0.25) is 0 Å². The Morgan fingerprint density at radius 2 is 1.33 bits per heavy atom. The zero-order chi connectivity index (χ0) is 16.4. The second-order valence-corrected chi connectivity index (χ2v) is 7.44. The molecule has 0 aromatic rings. The van der Waals surface area contributed by atoms with Crippen molar-refractivity contribution in [2.75, 3.05) is 52.6 Å². The molecule has 0 unspecified atom stereocenters. The molecule has 0 aliphatic rings. The van der Waals surface area contributed by atoms with Crippen LogP contribution in [-0.4, -0.2) is 63.0 Å². The van der Waals surface area contributed by atoms with Crippen molar-refractivity contribution in [2.24, 2.45) is 5.41 Å². The first-order valence-corrected chi connectivity index (χ1v) is 8.33. The van der Waals surface area contributed by atoms with E-state index in [-0.39, 0.29) is 11.0 Å². The summed E-state index contributed by atoms with van der Waals surface area (Å²) in [4.78, 5) is 2.45. The van der Waals surface area contributed by atoms with Gasteiger partial charge in [0.25, 0.3) is 0 Å². The van der Waals surface area contributed by atoms with E-state index >= 15 is 0 Å². The maximum Gasteiger partial charge on any atom is 0.0593 e. The van der Waals surface area contributed by atoms with Crippen molar-refractivity contribution in [2.45, 2.75) is 54.0 Å². The lowest BCUT2D eigenvalue weighted by molar-refractivity contribution is 0.0638. The molecule has 0 aliphatic heterocycles. The molecule has 0 heterocycles. The van der Waals surface area contributed by atoms with E-state index in [1.807, 2.05) is 13.8 Å². The van der Waals surface area contributed by atoms with Crippen LogP contribution in [-0.2, 0) is 9.47 Å². The van der Waals surface area contributed by atoms with Gasteiger partial charge in [-0.05, 0) is 40.0 Å². The maximum atomic E-state index is 5.50. The summed E-state index contributed by atoms with van der Waals surface area (Å²) >= 11 is 0. The molecule has 21 heavy (non-hydrogen) atoms. The van der Waals surface area contributed by atoms with Gasteiger partial charge in [-0.1, -0.05) is 13.8 Å². The molecule has 1 N–H and O–H groups in total. The van der Waals surface area contributed by atoms with Gasteiger partial charge in [0.05, 0.1) is 13.2 Å². The van der Waals surface area contributed by atoms with Gasteiger partial charge in [0.15, 0.2) is 0 Å². The average molecular weight is 303 g/mol. The lowest BCUT2D eigenvalue weighted by Gasteiger charge is -2.35. The maximum absolute atomic E-state index is 5.50. The van der Waals surface area contributed by atoms with Crippen molar-refractivity contribution in [3.05, 3.63) is 0 Å². The lowest BCUT2D eigenvalue weighted by atomic mass is 9.91. The van der Waals surface area contributed by atoms with Gasteiger partial charge in [-0.15, -0.1) is 0 Å². The molecule has 0 amide bonds. The molecule has 0 bridgehead atoms. The summed E-state index contributed by atoms with van der Waals surface area (Å²) in [5, 5.41) is 3.61. The number of nitrogens with one attached hydrogen (secondary N) is 1. The second kappa shape index (κ2) is 10.5. The predicted molar refractivity (Wildman–Crippen MR) is 91.0 cm³/mol. The van der Waals surface area contributed by atoms with E-state index in [1.54, 1.807) is 0 Å². The topological polar surface area (TPSA) is 33.7 Å². The highest BCUT2D eigenvalue weighted by molar-refractivity contribution is 4.81. The highest BCUT2D eigenvalue weighted by Crippen LogP contribution is 2.17. The van der Waals surface area contributed by atoms with Crippen LogP contribution >= 0.6 is 0 Å². The van der Waals surface area contributed by atoms with E-state index in [4.69, 9.17) is 9.47 Å². The minimum Gasteiger partial charge on any atom is -0.380 e. The van der Waals surface area contributed by atoms with Crippen LogP contribution in [0.2, 0.25) is 0 Å². The molecule has 0 aromatic carbocycles. The Bertz CT molecular complexity index is 240. The van der Waals surface area contributed by atoms with Crippen molar-refractivity contribution in [3.63, 3.8) is 0 Å². The Morgan fingerprint density at radius 3 is 1.71 bits per heavy atom. The number of rotatable bonds is 12. The molecule has 0 saturated carbocycles. The highest BCUT2D eigenvalue weighted by Gasteiger charge is 2.23. The Labute approximate surface area is 132 Å². The van der Waals surface area contributed by atoms with Crippen LogP contribution in [0.4, 0.5) is 0 Å². The van der Waals surface area contributed by atoms with Gasteiger partial charge >= 0.3 is 0 Å². The van der Waals surface area contributed by atoms with Gasteiger partial charge in [-0.2, -0.15) is 0 Å². The Kier molecular flexibility index (Phi) is 10.5. The standard InChI is InChI=1S/C17H38N2O2/c1-8-20-12-10-19(11-13-21-9-2)15-17(6,7)14-18-16(3,4)5/h18H,8-15H2,1-7H3. The van der Waals surface area contributed by atoms with Crippen LogP contribution in [0.5, 0.6) is 0 Å². The van der Waals surface area contributed by atoms with E-state index < -0.39 is 0 Å². The monoisotopic (exact) mass is 302 g/mol. The smallest absolute Gasteiger partial charge is 0.0593 e. The van der Waals surface area contributed by atoms with Crippen LogP contribution in [0.15, 0.2) is 0 Å². The van der Waals surface area contributed by atoms with E-state index in [1.165, 1.54) is 0 Å². The first kappa shape index (κ1) is 20.8. The number of hydrogen-bond acceptors (Lipinski definition) is 4. The predicted octanol–water partition coefficient (Wildman–Crippen LogP) is 2.78. The van der Waals surface area contributed by atoms with Crippen molar-refractivity contribution in [3.8, 4) is 0 Å². The molecule has 0 rings (SSSR count). The Hall–Kier alpha value is -0.160. The zero-order valence-corrected chi connectivity index (χ0v) is 15.4. The molecule has 4 nitrogen and oxygen atoms in total. The van der Waals surface area contributed by atoms with Crippen LogP contribution in [0, 0.1) is 5.41 Å². The Balaban J connectivity index is 4.31. The van der Waals surface area contributed by atoms with Crippen molar-refractivity contribution in [1.82, 2.24) is 10.2 Å². The molecule has 128 valence electrons. The van der Waals surface area contributed by atoms with Crippen molar-refractivity contribution in [1.29, 1.82) is 0 Å². The summed E-state index contributed by atoms with van der Waals surface area (Å²) in [6, 6.07) is 0. The summed E-state index contributed by atoms with van der Waals surface area (Å²) < 4.78 is 11.0. The quantitative estimate of drug-likeness (QED) is 0.562. The fourth-order valence-electron chi connectivity index (χ4n) is 2.11. The fourth-order valence-corrected chi connectivity index (χ4v) is 2.11. The van der Waals surface area contributed by atoms with Gasteiger partial charge in [-0.3, -0.25) is 4.90 Å². The summed E-state index contributed by atoms with van der Waals surface area (Å²) in [6.45, 7) is 22.5. The van der Waals surface area contributed by atoms with E-state index in [0.29, 0.717) is 0 Å². The molecular formula is C17H38N2O2. The third-order valence-electron chi connectivity index (χ3n) is 3.26. The van der Waals surface area contributed by atoms with Crippen LogP contribution in [0.1, 0.15) is 48.5 Å². The van der Waals surface area contributed by atoms with E-state index in [0.717, 1.165) is 52.6 Å². The minimum atomic E-state index is 0.165. The molecule has 0 atom stereocenters. The molecule has 0 aromatic heterocycles. The SMILES string of the molecule is CCOCCN(CCOCC)CC(C)(C)CNC(C)(C)C. The second-order valence-electron chi connectivity index (χ2n) is 7.44. The molecule has 4 heteroatoms. The van der Waals surface area contributed by atoms with E-state index in [2.05, 4.69) is 44.8 Å². The third-order valence-corrected chi connectivity index (χ3v) is 3.26. The fraction of sp³-hybridized carbons (Fsp3) is 1.00. The number of hydrogen-bond donors (Lipinski definition) is 1. The van der Waals surface area contributed by atoms with Gasteiger partial charge in [0.1, 0.15) is 0 Å². The van der Waals surface area contributed by atoms with E-state index in [9.17, 15) is 0 Å². The van der Waals surface area contributed by atoms with Crippen LogP contribution in [0.3, 0.4) is 0 Å². The first-order valence-electron chi connectivity index (χ1n) is 8.33. The van der Waals surface area contributed by atoms with Gasteiger partial charge in [0, 0.05) is 44.9 Å². The number of nitrogens with zero attached hydrogens (tertiary/aromatic N) is 1. The summed E-state index contributed by atoms with van der Waals surface area (Å²) in [6.07, 6.45) is 0. The van der Waals surface area contributed by atoms with Crippen LogP contribution in [0.25, 0.3) is 0 Å².